The fraction of sp³-hybridized carbons (Fsp3) is 0.214. The lowest BCUT2D eigenvalue weighted by Crippen LogP contribution is -2.12. The van der Waals surface area contributed by atoms with Crippen molar-refractivity contribution in [2.75, 3.05) is 12.0 Å². The summed E-state index contributed by atoms with van der Waals surface area (Å²) in [7, 11) is 0. The molecule has 0 bridgehead atoms. The van der Waals surface area contributed by atoms with E-state index >= 15 is 0 Å². The van der Waals surface area contributed by atoms with Crippen molar-refractivity contribution in [1.29, 1.82) is 0 Å². The second-order valence-electron chi connectivity index (χ2n) is 4.03. The van der Waals surface area contributed by atoms with Crippen molar-refractivity contribution in [2.24, 2.45) is 5.84 Å². The number of nitrogen functional groups attached to an aromatic ring is 1. The summed E-state index contributed by atoms with van der Waals surface area (Å²) in [4.78, 5) is 4.11. The summed E-state index contributed by atoms with van der Waals surface area (Å²) in [6, 6.07) is 11.4. The largest absolute Gasteiger partial charge is 0.488 e. The molecular weight excluding hydrogens is 242 g/mol. The lowest BCUT2D eigenvalue weighted by molar-refractivity contribution is 0.284. The molecule has 19 heavy (non-hydrogen) atoms. The number of aromatic nitrogens is 1. The summed E-state index contributed by atoms with van der Waals surface area (Å²) in [5, 5.41) is 9.02. The molecule has 100 valence electrons. The Balaban J connectivity index is 2.10. The van der Waals surface area contributed by atoms with Gasteiger partial charge >= 0.3 is 0 Å². The number of aliphatic hydroxyl groups is 1. The monoisotopic (exact) mass is 259 g/mol. The van der Waals surface area contributed by atoms with Gasteiger partial charge in [-0.3, -0.25) is 0 Å². The number of aliphatic hydroxyl groups excluding tert-OH is 1. The average molecular weight is 259 g/mol. The van der Waals surface area contributed by atoms with E-state index in [2.05, 4.69) is 10.4 Å². The Morgan fingerprint density at radius 2 is 1.95 bits per heavy atom. The number of nitrogens with one attached hydrogen (secondary N) is 1. The summed E-state index contributed by atoms with van der Waals surface area (Å²) < 4.78 is 5.77. The molecule has 0 amide bonds. The fourth-order valence-electron chi connectivity index (χ4n) is 1.81. The number of ether oxygens (including phenoxy) is 1. The molecule has 0 atom stereocenters. The third-order valence-corrected chi connectivity index (χ3v) is 2.76. The number of rotatable bonds is 6. The Morgan fingerprint density at radius 1 is 1.16 bits per heavy atom. The molecule has 4 N–H and O–H groups in total. The average Bonchev–Trinajstić information content (AvgIpc) is 2.47. The van der Waals surface area contributed by atoms with Gasteiger partial charge in [0.15, 0.2) is 0 Å². The van der Waals surface area contributed by atoms with Crippen molar-refractivity contribution in [1.82, 2.24) is 4.98 Å². The molecule has 0 aliphatic heterocycles. The third-order valence-electron chi connectivity index (χ3n) is 2.76. The van der Waals surface area contributed by atoms with Crippen molar-refractivity contribution in [3.8, 4) is 5.75 Å². The van der Waals surface area contributed by atoms with Crippen LogP contribution in [0.15, 0.2) is 42.6 Å². The molecule has 1 aromatic carbocycles. The Labute approximate surface area is 112 Å². The van der Waals surface area contributed by atoms with Gasteiger partial charge in [-0.25, -0.2) is 10.8 Å². The van der Waals surface area contributed by atoms with Crippen molar-refractivity contribution < 1.29 is 9.84 Å². The molecule has 2 rings (SSSR count). The number of anilines is 1. The minimum Gasteiger partial charge on any atom is -0.488 e. The number of para-hydroxylation sites is 1. The standard InChI is InChI=1S/C14H17N3O2/c15-17-14-12(5-3-8-16-14)10-19-13-6-2-1-4-11(13)7-9-18/h1-6,8,18H,7,9-10,15H2,(H,16,17). The Morgan fingerprint density at radius 3 is 2.74 bits per heavy atom. The highest BCUT2D eigenvalue weighted by Crippen LogP contribution is 2.21. The molecular formula is C14H17N3O2. The van der Waals surface area contributed by atoms with E-state index in [1.807, 2.05) is 36.4 Å². The van der Waals surface area contributed by atoms with Gasteiger partial charge in [0.2, 0.25) is 0 Å². The zero-order valence-corrected chi connectivity index (χ0v) is 10.5. The molecule has 5 nitrogen and oxygen atoms in total. The van der Waals surface area contributed by atoms with Crippen molar-refractivity contribution in [2.45, 2.75) is 13.0 Å². The van der Waals surface area contributed by atoms with Crippen LogP contribution in [0.4, 0.5) is 5.82 Å². The number of benzene rings is 1. The predicted molar refractivity (Wildman–Crippen MR) is 73.6 cm³/mol. The molecule has 2 aromatic rings. The van der Waals surface area contributed by atoms with Gasteiger partial charge in [-0.2, -0.15) is 0 Å². The minimum absolute atomic E-state index is 0.100. The van der Waals surface area contributed by atoms with Crippen LogP contribution in [-0.4, -0.2) is 16.7 Å². The van der Waals surface area contributed by atoms with Gasteiger partial charge in [0.1, 0.15) is 18.2 Å². The van der Waals surface area contributed by atoms with Gasteiger partial charge in [0.05, 0.1) is 0 Å². The summed E-state index contributed by atoms with van der Waals surface area (Å²) in [5.74, 6) is 6.76. The van der Waals surface area contributed by atoms with E-state index in [1.54, 1.807) is 6.20 Å². The summed E-state index contributed by atoms with van der Waals surface area (Å²) in [6.45, 7) is 0.471. The zero-order valence-electron chi connectivity index (χ0n) is 10.5. The topological polar surface area (TPSA) is 80.4 Å². The lowest BCUT2D eigenvalue weighted by atomic mass is 10.1. The maximum atomic E-state index is 9.02. The second-order valence-corrected chi connectivity index (χ2v) is 4.03. The summed E-state index contributed by atoms with van der Waals surface area (Å²) in [5.41, 5.74) is 4.40. The highest BCUT2D eigenvalue weighted by molar-refractivity contribution is 5.42. The normalized spacial score (nSPS) is 10.2. The first-order chi connectivity index (χ1) is 9.35. The van der Waals surface area contributed by atoms with E-state index < -0.39 is 0 Å². The van der Waals surface area contributed by atoms with Gasteiger partial charge in [-0.15, -0.1) is 0 Å². The maximum absolute atomic E-state index is 9.02. The number of nitrogens with two attached hydrogens (primary N) is 1. The van der Waals surface area contributed by atoms with E-state index in [0.29, 0.717) is 18.8 Å². The maximum Gasteiger partial charge on any atom is 0.146 e. The zero-order chi connectivity index (χ0) is 13.5. The molecule has 1 aromatic heterocycles. The molecule has 0 radical (unpaired) electrons. The quantitative estimate of drug-likeness (QED) is 0.541. The van der Waals surface area contributed by atoms with Crippen LogP contribution < -0.4 is 16.0 Å². The van der Waals surface area contributed by atoms with Crippen LogP contribution in [0.5, 0.6) is 5.75 Å². The Bertz CT molecular complexity index is 532. The first kappa shape index (κ1) is 13.3. The molecule has 0 saturated carbocycles. The van der Waals surface area contributed by atoms with E-state index in [9.17, 15) is 0 Å². The highest BCUT2D eigenvalue weighted by Gasteiger charge is 2.05. The van der Waals surface area contributed by atoms with Crippen LogP contribution in [0, 0.1) is 0 Å². The smallest absolute Gasteiger partial charge is 0.146 e. The second kappa shape index (κ2) is 6.72. The van der Waals surface area contributed by atoms with Crippen LogP contribution in [0.2, 0.25) is 0 Å². The molecule has 0 fully saturated rings. The molecule has 0 aliphatic rings. The highest BCUT2D eigenvalue weighted by atomic mass is 16.5. The van der Waals surface area contributed by atoms with Gasteiger partial charge in [0.25, 0.3) is 0 Å². The number of hydrazine groups is 1. The molecule has 0 spiro atoms. The van der Waals surface area contributed by atoms with Gasteiger partial charge in [0, 0.05) is 18.4 Å². The van der Waals surface area contributed by atoms with Crippen LogP contribution >= 0.6 is 0 Å². The molecule has 5 heteroatoms. The van der Waals surface area contributed by atoms with Crippen LogP contribution in [0.3, 0.4) is 0 Å². The van der Waals surface area contributed by atoms with Crippen molar-refractivity contribution in [3.05, 3.63) is 53.7 Å². The molecule has 0 aliphatic carbocycles. The molecule has 0 saturated heterocycles. The van der Waals surface area contributed by atoms with E-state index in [1.165, 1.54) is 0 Å². The van der Waals surface area contributed by atoms with Crippen LogP contribution in [0.1, 0.15) is 11.1 Å². The fourth-order valence-corrected chi connectivity index (χ4v) is 1.81. The van der Waals surface area contributed by atoms with Gasteiger partial charge in [-0.05, 0) is 24.1 Å². The molecule has 0 unspecified atom stereocenters. The number of hydrogen-bond donors (Lipinski definition) is 3. The van der Waals surface area contributed by atoms with Crippen molar-refractivity contribution in [3.63, 3.8) is 0 Å². The van der Waals surface area contributed by atoms with Gasteiger partial charge in [-0.1, -0.05) is 24.3 Å². The Kier molecular flexibility index (Phi) is 4.72. The summed E-state index contributed by atoms with van der Waals surface area (Å²) >= 11 is 0. The van der Waals surface area contributed by atoms with Gasteiger partial charge < -0.3 is 15.3 Å². The SMILES string of the molecule is NNc1ncccc1COc1ccccc1CCO. The summed E-state index contributed by atoms with van der Waals surface area (Å²) in [6.07, 6.45) is 2.24. The van der Waals surface area contributed by atoms with E-state index in [4.69, 9.17) is 15.7 Å². The van der Waals surface area contributed by atoms with Crippen LogP contribution in [-0.2, 0) is 13.0 Å². The Hall–Kier alpha value is -2.11. The molecule has 1 heterocycles. The van der Waals surface area contributed by atoms with E-state index in [-0.39, 0.29) is 6.61 Å². The number of hydrogen-bond acceptors (Lipinski definition) is 5. The van der Waals surface area contributed by atoms with E-state index in [0.717, 1.165) is 16.9 Å². The first-order valence-electron chi connectivity index (χ1n) is 6.07. The van der Waals surface area contributed by atoms with Crippen molar-refractivity contribution >= 4 is 5.82 Å². The third kappa shape index (κ3) is 3.43. The predicted octanol–water partition coefficient (Wildman–Crippen LogP) is 1.48. The number of nitrogens with zero attached hydrogens (tertiary/aromatic N) is 1. The minimum atomic E-state index is 0.100. The number of pyridine rings is 1. The first-order valence-corrected chi connectivity index (χ1v) is 6.07. The lowest BCUT2D eigenvalue weighted by Gasteiger charge is -2.12. The van der Waals surface area contributed by atoms with Crippen LogP contribution in [0.25, 0.3) is 0 Å².